The first-order valence-corrected chi connectivity index (χ1v) is 7.21. The van der Waals surface area contributed by atoms with Crippen LogP contribution in [0.15, 0.2) is 42.5 Å². The number of fused-ring (bicyclic) bond motifs is 1. The lowest BCUT2D eigenvalue weighted by Crippen LogP contribution is -2.37. The standard InChI is InChI=1S/C17H23NO2/c1-2-17(19,13-18)10-5-11-20-16-9-8-14-6-3-4-7-15(14)12-16/h3-4,6-9,12,19H,2,5,10-11,13,18H2,1H3. The minimum Gasteiger partial charge on any atom is -0.494 e. The summed E-state index contributed by atoms with van der Waals surface area (Å²) in [5, 5.41) is 12.5. The Morgan fingerprint density at radius 2 is 1.90 bits per heavy atom. The lowest BCUT2D eigenvalue weighted by molar-refractivity contribution is 0.0309. The van der Waals surface area contributed by atoms with Crippen molar-refractivity contribution in [2.24, 2.45) is 5.73 Å². The summed E-state index contributed by atoms with van der Waals surface area (Å²) in [4.78, 5) is 0. The van der Waals surface area contributed by atoms with E-state index in [4.69, 9.17) is 10.5 Å². The molecule has 1 unspecified atom stereocenters. The Bertz CT molecular complexity index is 549. The molecule has 2 aromatic carbocycles. The quantitative estimate of drug-likeness (QED) is 0.762. The van der Waals surface area contributed by atoms with E-state index in [-0.39, 0.29) is 0 Å². The van der Waals surface area contributed by atoms with E-state index in [1.807, 2.05) is 31.2 Å². The molecule has 0 saturated heterocycles. The maximum Gasteiger partial charge on any atom is 0.119 e. The second-order valence-electron chi connectivity index (χ2n) is 5.24. The smallest absolute Gasteiger partial charge is 0.119 e. The van der Waals surface area contributed by atoms with E-state index in [2.05, 4.69) is 18.2 Å². The van der Waals surface area contributed by atoms with E-state index < -0.39 is 5.60 Å². The second kappa shape index (κ2) is 6.73. The summed E-state index contributed by atoms with van der Waals surface area (Å²) in [6, 6.07) is 14.3. The predicted molar refractivity (Wildman–Crippen MR) is 83.0 cm³/mol. The van der Waals surface area contributed by atoms with Gasteiger partial charge in [-0.1, -0.05) is 37.3 Å². The molecule has 2 aromatic rings. The lowest BCUT2D eigenvalue weighted by atomic mass is 9.95. The normalized spacial score (nSPS) is 14.2. The van der Waals surface area contributed by atoms with Crippen LogP contribution in [0, 0.1) is 0 Å². The number of rotatable bonds is 7. The number of hydrogen-bond donors (Lipinski definition) is 2. The van der Waals surface area contributed by atoms with Gasteiger partial charge in [-0.15, -0.1) is 0 Å². The molecule has 0 bridgehead atoms. The topological polar surface area (TPSA) is 55.5 Å². The monoisotopic (exact) mass is 273 g/mol. The number of hydrogen-bond acceptors (Lipinski definition) is 3. The van der Waals surface area contributed by atoms with Crippen LogP contribution >= 0.6 is 0 Å². The summed E-state index contributed by atoms with van der Waals surface area (Å²) in [6.45, 7) is 2.86. The molecular formula is C17H23NO2. The van der Waals surface area contributed by atoms with Gasteiger partial charge in [0.05, 0.1) is 12.2 Å². The SMILES string of the molecule is CCC(O)(CN)CCCOc1ccc2ccccc2c1. The van der Waals surface area contributed by atoms with E-state index in [1.165, 1.54) is 10.8 Å². The summed E-state index contributed by atoms with van der Waals surface area (Å²) in [7, 11) is 0. The number of nitrogens with two attached hydrogens (primary N) is 1. The molecule has 0 radical (unpaired) electrons. The van der Waals surface area contributed by atoms with Gasteiger partial charge in [-0.25, -0.2) is 0 Å². The zero-order valence-corrected chi connectivity index (χ0v) is 12.0. The molecule has 0 aromatic heterocycles. The molecule has 2 rings (SSSR count). The van der Waals surface area contributed by atoms with Crippen LogP contribution in [0.4, 0.5) is 0 Å². The fourth-order valence-electron chi connectivity index (χ4n) is 2.27. The van der Waals surface area contributed by atoms with Gasteiger partial charge in [-0.3, -0.25) is 0 Å². The maximum atomic E-state index is 10.1. The van der Waals surface area contributed by atoms with Gasteiger partial charge in [-0.2, -0.15) is 0 Å². The highest BCUT2D eigenvalue weighted by Gasteiger charge is 2.21. The van der Waals surface area contributed by atoms with Gasteiger partial charge in [0.25, 0.3) is 0 Å². The van der Waals surface area contributed by atoms with Crippen LogP contribution in [-0.4, -0.2) is 23.9 Å². The molecular weight excluding hydrogens is 250 g/mol. The van der Waals surface area contributed by atoms with Crippen LogP contribution < -0.4 is 10.5 Å². The summed E-state index contributed by atoms with van der Waals surface area (Å²) >= 11 is 0. The first-order chi connectivity index (χ1) is 9.67. The summed E-state index contributed by atoms with van der Waals surface area (Å²) in [5.74, 6) is 0.872. The third kappa shape index (κ3) is 3.71. The summed E-state index contributed by atoms with van der Waals surface area (Å²) in [5.41, 5.74) is 4.84. The number of benzene rings is 2. The highest BCUT2D eigenvalue weighted by molar-refractivity contribution is 5.83. The van der Waals surface area contributed by atoms with Crippen molar-refractivity contribution in [3.05, 3.63) is 42.5 Å². The zero-order valence-electron chi connectivity index (χ0n) is 12.0. The van der Waals surface area contributed by atoms with Crippen molar-refractivity contribution in [3.8, 4) is 5.75 Å². The zero-order chi connectivity index (χ0) is 14.4. The Balaban J connectivity index is 1.87. The van der Waals surface area contributed by atoms with Gasteiger partial charge in [0.15, 0.2) is 0 Å². The average molecular weight is 273 g/mol. The number of aliphatic hydroxyl groups is 1. The lowest BCUT2D eigenvalue weighted by Gasteiger charge is -2.24. The molecule has 3 N–H and O–H groups in total. The second-order valence-corrected chi connectivity index (χ2v) is 5.24. The van der Waals surface area contributed by atoms with Gasteiger partial charge in [0.2, 0.25) is 0 Å². The Morgan fingerprint density at radius 1 is 1.15 bits per heavy atom. The fourth-order valence-corrected chi connectivity index (χ4v) is 2.27. The average Bonchev–Trinajstić information content (AvgIpc) is 2.51. The van der Waals surface area contributed by atoms with Crippen LogP contribution in [0.1, 0.15) is 26.2 Å². The van der Waals surface area contributed by atoms with Crippen molar-refractivity contribution in [2.45, 2.75) is 31.8 Å². The van der Waals surface area contributed by atoms with E-state index in [1.54, 1.807) is 0 Å². The summed E-state index contributed by atoms with van der Waals surface area (Å²) < 4.78 is 5.75. The highest BCUT2D eigenvalue weighted by Crippen LogP contribution is 2.21. The molecule has 0 aliphatic carbocycles. The van der Waals surface area contributed by atoms with Crippen molar-refractivity contribution in [3.63, 3.8) is 0 Å². The minimum absolute atomic E-state index is 0.305. The van der Waals surface area contributed by atoms with Gasteiger partial charge in [-0.05, 0) is 42.2 Å². The van der Waals surface area contributed by atoms with Gasteiger partial charge in [0.1, 0.15) is 5.75 Å². The van der Waals surface area contributed by atoms with Crippen LogP contribution in [-0.2, 0) is 0 Å². The number of ether oxygens (including phenoxy) is 1. The fraction of sp³-hybridized carbons (Fsp3) is 0.412. The molecule has 0 aliphatic heterocycles. The molecule has 108 valence electrons. The first-order valence-electron chi connectivity index (χ1n) is 7.21. The molecule has 0 fully saturated rings. The van der Waals surface area contributed by atoms with Crippen LogP contribution in [0.25, 0.3) is 10.8 Å². The molecule has 0 saturated carbocycles. The third-order valence-corrected chi connectivity index (χ3v) is 3.81. The molecule has 0 amide bonds. The van der Waals surface area contributed by atoms with Gasteiger partial charge in [0, 0.05) is 6.54 Å². The van der Waals surface area contributed by atoms with E-state index in [0.29, 0.717) is 26.0 Å². The van der Waals surface area contributed by atoms with Gasteiger partial charge < -0.3 is 15.6 Å². The predicted octanol–water partition coefficient (Wildman–Crippen LogP) is 3.10. The van der Waals surface area contributed by atoms with Crippen molar-refractivity contribution in [2.75, 3.05) is 13.2 Å². The van der Waals surface area contributed by atoms with Crippen molar-refractivity contribution >= 4 is 10.8 Å². The highest BCUT2D eigenvalue weighted by atomic mass is 16.5. The molecule has 20 heavy (non-hydrogen) atoms. The van der Waals surface area contributed by atoms with E-state index in [0.717, 1.165) is 12.2 Å². The van der Waals surface area contributed by atoms with Crippen molar-refractivity contribution < 1.29 is 9.84 Å². The van der Waals surface area contributed by atoms with Crippen LogP contribution in [0.5, 0.6) is 5.75 Å². The molecule has 1 atom stereocenters. The molecule has 3 nitrogen and oxygen atoms in total. The van der Waals surface area contributed by atoms with Crippen LogP contribution in [0.3, 0.4) is 0 Å². The third-order valence-electron chi connectivity index (χ3n) is 3.81. The van der Waals surface area contributed by atoms with Crippen molar-refractivity contribution in [1.29, 1.82) is 0 Å². The minimum atomic E-state index is -0.743. The molecule has 3 heteroatoms. The largest absolute Gasteiger partial charge is 0.494 e. The summed E-state index contributed by atoms with van der Waals surface area (Å²) in [6.07, 6.45) is 2.15. The Kier molecular flexibility index (Phi) is 4.99. The molecule has 0 heterocycles. The Labute approximate surface area is 120 Å². The molecule has 0 aliphatic rings. The van der Waals surface area contributed by atoms with Gasteiger partial charge >= 0.3 is 0 Å². The van der Waals surface area contributed by atoms with E-state index in [9.17, 15) is 5.11 Å². The van der Waals surface area contributed by atoms with E-state index >= 15 is 0 Å². The molecule has 0 spiro atoms. The first kappa shape index (κ1) is 14.8. The maximum absolute atomic E-state index is 10.1. The Morgan fingerprint density at radius 3 is 2.60 bits per heavy atom. The van der Waals surface area contributed by atoms with Crippen LogP contribution in [0.2, 0.25) is 0 Å². The Hall–Kier alpha value is -1.58. The van der Waals surface area contributed by atoms with Crippen molar-refractivity contribution in [1.82, 2.24) is 0 Å².